The van der Waals surface area contributed by atoms with Crippen LogP contribution in [0.2, 0.25) is 0 Å². The molecule has 28 heavy (non-hydrogen) atoms. The van der Waals surface area contributed by atoms with Crippen molar-refractivity contribution in [3.63, 3.8) is 0 Å². The third-order valence-electron chi connectivity index (χ3n) is 5.76. The second-order valence-electron chi connectivity index (χ2n) is 7.51. The van der Waals surface area contributed by atoms with Gasteiger partial charge in [0.1, 0.15) is 0 Å². The first-order valence-electron chi connectivity index (χ1n) is 9.80. The van der Waals surface area contributed by atoms with E-state index in [-0.39, 0.29) is 0 Å². The summed E-state index contributed by atoms with van der Waals surface area (Å²) >= 11 is 0. The van der Waals surface area contributed by atoms with Crippen molar-refractivity contribution in [2.75, 3.05) is 0 Å². The number of benzene rings is 5. The summed E-state index contributed by atoms with van der Waals surface area (Å²) in [5.74, 6) is 0. The van der Waals surface area contributed by atoms with Crippen LogP contribution in [0.3, 0.4) is 0 Å². The normalized spacial score (nSPS) is 11.2. The Bertz CT molecular complexity index is 1190. The average Bonchev–Trinajstić information content (AvgIpc) is 2.74. The molecule has 0 aliphatic heterocycles. The first kappa shape index (κ1) is 16.8. The summed E-state index contributed by atoms with van der Waals surface area (Å²) in [4.78, 5) is 0. The van der Waals surface area contributed by atoms with Crippen LogP contribution < -0.4 is 0 Å². The molecule has 0 aromatic heterocycles. The molecule has 0 N–H and O–H groups in total. The fourth-order valence-corrected chi connectivity index (χ4v) is 4.27. The summed E-state index contributed by atoms with van der Waals surface area (Å²) in [7, 11) is 0. The molecule has 0 heterocycles. The van der Waals surface area contributed by atoms with Gasteiger partial charge in [-0.2, -0.15) is 0 Å². The van der Waals surface area contributed by atoms with Crippen LogP contribution in [0.5, 0.6) is 0 Å². The fraction of sp³-hybridized carbons (Fsp3) is 0.0714. The van der Waals surface area contributed by atoms with E-state index >= 15 is 0 Å². The Morgan fingerprint density at radius 3 is 1.14 bits per heavy atom. The largest absolute Gasteiger partial charge is 0.0622 e. The third kappa shape index (κ3) is 2.61. The minimum atomic E-state index is 1.27. The molecular weight excluding hydrogens is 336 g/mol. The highest BCUT2D eigenvalue weighted by Crippen LogP contribution is 2.44. The Kier molecular flexibility index (Phi) is 3.98. The van der Waals surface area contributed by atoms with E-state index in [1.807, 2.05) is 0 Å². The third-order valence-corrected chi connectivity index (χ3v) is 5.76. The highest BCUT2D eigenvalue weighted by atomic mass is 14.2. The van der Waals surface area contributed by atoms with Crippen LogP contribution in [0.25, 0.3) is 43.8 Å². The van der Waals surface area contributed by atoms with Crippen molar-refractivity contribution >= 4 is 21.5 Å². The summed E-state index contributed by atoms with van der Waals surface area (Å²) in [6.07, 6.45) is 0. The highest BCUT2D eigenvalue weighted by Gasteiger charge is 2.17. The summed E-state index contributed by atoms with van der Waals surface area (Å²) in [6, 6.07) is 35.1. The smallest absolute Gasteiger partial charge is 0.00263 e. The zero-order chi connectivity index (χ0) is 19.1. The maximum Gasteiger partial charge on any atom is -0.00263 e. The lowest BCUT2D eigenvalue weighted by molar-refractivity contribution is 1.37. The highest BCUT2D eigenvalue weighted by molar-refractivity contribution is 6.21. The van der Waals surface area contributed by atoms with E-state index < -0.39 is 0 Å². The first-order chi connectivity index (χ1) is 13.7. The van der Waals surface area contributed by atoms with Gasteiger partial charge in [0, 0.05) is 0 Å². The topological polar surface area (TPSA) is 0 Å². The molecule has 0 nitrogen and oxygen atoms in total. The molecule has 0 aliphatic rings. The molecular formula is C28H22. The second-order valence-corrected chi connectivity index (χ2v) is 7.51. The van der Waals surface area contributed by atoms with Crippen LogP contribution in [-0.2, 0) is 0 Å². The molecule has 0 saturated heterocycles. The van der Waals surface area contributed by atoms with Crippen LogP contribution in [0.15, 0.2) is 97.1 Å². The lowest BCUT2D eigenvalue weighted by Gasteiger charge is -2.19. The Balaban J connectivity index is 2.05. The lowest BCUT2D eigenvalue weighted by Crippen LogP contribution is -1.92. The van der Waals surface area contributed by atoms with Gasteiger partial charge in [-0.15, -0.1) is 0 Å². The van der Waals surface area contributed by atoms with Crippen LogP contribution in [0.1, 0.15) is 11.1 Å². The zero-order valence-corrected chi connectivity index (χ0v) is 16.2. The molecule has 134 valence electrons. The van der Waals surface area contributed by atoms with Crippen LogP contribution in [0, 0.1) is 13.8 Å². The van der Waals surface area contributed by atoms with Gasteiger partial charge in [-0.25, -0.2) is 0 Å². The number of hydrogen-bond donors (Lipinski definition) is 0. The molecule has 5 aromatic carbocycles. The predicted octanol–water partition coefficient (Wildman–Crippen LogP) is 7.94. The Labute approximate surface area is 166 Å². The van der Waals surface area contributed by atoms with Gasteiger partial charge in [-0.1, -0.05) is 97.1 Å². The van der Waals surface area contributed by atoms with Gasteiger partial charge < -0.3 is 0 Å². The van der Waals surface area contributed by atoms with Crippen molar-refractivity contribution in [3.05, 3.63) is 108 Å². The van der Waals surface area contributed by atoms with Gasteiger partial charge in [0.25, 0.3) is 0 Å². The van der Waals surface area contributed by atoms with E-state index in [0.717, 1.165) is 0 Å². The lowest BCUT2D eigenvalue weighted by atomic mass is 9.84. The predicted molar refractivity (Wildman–Crippen MR) is 122 cm³/mol. The fourth-order valence-electron chi connectivity index (χ4n) is 4.27. The van der Waals surface area contributed by atoms with E-state index in [4.69, 9.17) is 0 Å². The molecule has 0 unspecified atom stereocenters. The minimum Gasteiger partial charge on any atom is -0.0622 e. The minimum absolute atomic E-state index is 1.27. The van der Waals surface area contributed by atoms with E-state index in [1.165, 1.54) is 54.9 Å². The van der Waals surface area contributed by atoms with Crippen molar-refractivity contribution in [1.29, 1.82) is 0 Å². The molecule has 0 bridgehead atoms. The molecule has 0 radical (unpaired) electrons. The van der Waals surface area contributed by atoms with Crippen molar-refractivity contribution in [2.24, 2.45) is 0 Å². The Hall–Kier alpha value is -3.38. The van der Waals surface area contributed by atoms with Gasteiger partial charge >= 0.3 is 0 Å². The van der Waals surface area contributed by atoms with Crippen LogP contribution in [-0.4, -0.2) is 0 Å². The van der Waals surface area contributed by atoms with Gasteiger partial charge in [0.05, 0.1) is 0 Å². The summed E-state index contributed by atoms with van der Waals surface area (Å²) in [6.45, 7) is 4.42. The van der Waals surface area contributed by atoms with E-state index in [1.54, 1.807) is 0 Å². The maximum absolute atomic E-state index is 2.37. The van der Waals surface area contributed by atoms with Crippen LogP contribution in [0.4, 0.5) is 0 Å². The zero-order valence-electron chi connectivity index (χ0n) is 16.2. The molecule has 0 spiro atoms. The number of hydrogen-bond acceptors (Lipinski definition) is 0. The quantitative estimate of drug-likeness (QED) is 0.281. The Morgan fingerprint density at radius 2 is 0.750 bits per heavy atom. The average molecular weight is 358 g/mol. The first-order valence-corrected chi connectivity index (χ1v) is 9.80. The second kappa shape index (κ2) is 6.65. The summed E-state index contributed by atoms with van der Waals surface area (Å²) in [5.41, 5.74) is 7.86. The van der Waals surface area contributed by atoms with Crippen LogP contribution >= 0.6 is 0 Å². The van der Waals surface area contributed by atoms with E-state index in [9.17, 15) is 0 Å². The monoisotopic (exact) mass is 358 g/mol. The Morgan fingerprint density at radius 1 is 0.393 bits per heavy atom. The molecule has 0 aliphatic carbocycles. The van der Waals surface area contributed by atoms with Gasteiger partial charge in [-0.3, -0.25) is 0 Å². The molecule has 0 fully saturated rings. The van der Waals surface area contributed by atoms with E-state index in [0.29, 0.717) is 0 Å². The van der Waals surface area contributed by atoms with Crippen molar-refractivity contribution in [1.82, 2.24) is 0 Å². The number of aryl methyl sites for hydroxylation is 2. The van der Waals surface area contributed by atoms with Gasteiger partial charge in [0.2, 0.25) is 0 Å². The molecule has 5 aromatic rings. The molecule has 0 saturated carbocycles. The molecule has 0 atom stereocenters. The standard InChI is InChI=1S/C28H22/c1-19-17-25-26(18-20(19)2)28(22-13-7-4-8-14-22)24-16-10-9-15-23(24)27(25)21-11-5-3-6-12-21/h3-18H,1-2H3. The number of rotatable bonds is 2. The molecule has 0 heteroatoms. The molecule has 5 rings (SSSR count). The van der Waals surface area contributed by atoms with Crippen molar-refractivity contribution in [3.8, 4) is 22.3 Å². The number of fused-ring (bicyclic) bond motifs is 2. The maximum atomic E-state index is 2.37. The molecule has 0 amide bonds. The van der Waals surface area contributed by atoms with E-state index in [2.05, 4.69) is 111 Å². The van der Waals surface area contributed by atoms with Gasteiger partial charge in [-0.05, 0) is 68.8 Å². The van der Waals surface area contributed by atoms with Crippen molar-refractivity contribution < 1.29 is 0 Å². The SMILES string of the molecule is Cc1cc2c(-c3ccccc3)c3ccccc3c(-c3ccccc3)c2cc1C. The summed E-state index contributed by atoms with van der Waals surface area (Å²) in [5, 5.41) is 5.27. The van der Waals surface area contributed by atoms with Gasteiger partial charge in [0.15, 0.2) is 0 Å². The van der Waals surface area contributed by atoms with Crippen molar-refractivity contribution in [2.45, 2.75) is 13.8 Å². The summed E-state index contributed by atoms with van der Waals surface area (Å²) < 4.78 is 0.